The minimum atomic E-state index is 0.666. The van der Waals surface area contributed by atoms with Gasteiger partial charge in [0.2, 0.25) is 0 Å². The first kappa shape index (κ1) is 14.3. The maximum Gasteiger partial charge on any atom is 0.0727 e. The Kier molecular flexibility index (Phi) is 4.96. The molecule has 0 spiro atoms. The fourth-order valence-corrected chi connectivity index (χ4v) is 2.05. The molecule has 1 aromatic carbocycles. The van der Waals surface area contributed by atoms with Crippen molar-refractivity contribution in [2.45, 2.75) is 13.3 Å². The summed E-state index contributed by atoms with van der Waals surface area (Å²) in [6.07, 6.45) is 2.74. The number of hydrogen-bond acceptors (Lipinski definition) is 4. The Balaban J connectivity index is 2.05. The van der Waals surface area contributed by atoms with Gasteiger partial charge in [0.05, 0.1) is 18.7 Å². The number of nitrogen functional groups attached to an aromatic ring is 1. The molecule has 2 aromatic rings. The van der Waals surface area contributed by atoms with Crippen LogP contribution >= 0.6 is 0 Å². The summed E-state index contributed by atoms with van der Waals surface area (Å²) >= 11 is 0. The molecule has 0 aliphatic carbocycles. The van der Waals surface area contributed by atoms with Gasteiger partial charge in [-0.15, -0.1) is 6.58 Å². The van der Waals surface area contributed by atoms with Crippen LogP contribution in [0.15, 0.2) is 36.9 Å². The van der Waals surface area contributed by atoms with Crippen molar-refractivity contribution < 1.29 is 4.74 Å². The number of benzene rings is 1. The predicted octanol–water partition coefficient (Wildman–Crippen LogP) is 3.13. The summed E-state index contributed by atoms with van der Waals surface area (Å²) in [5.41, 5.74) is 9.58. The number of fused-ring (bicyclic) bond motifs is 1. The highest BCUT2D eigenvalue weighted by Crippen LogP contribution is 2.25. The largest absolute Gasteiger partial charge is 0.399 e. The number of ether oxygens (including phenoxy) is 1. The SMILES string of the molecule is C=CCCOCCNc1cc(C)nc2ccc(N)cc12. The van der Waals surface area contributed by atoms with E-state index in [2.05, 4.69) is 16.9 Å². The van der Waals surface area contributed by atoms with E-state index in [1.165, 1.54) is 0 Å². The van der Waals surface area contributed by atoms with E-state index >= 15 is 0 Å². The van der Waals surface area contributed by atoms with Crippen LogP contribution in [0.4, 0.5) is 11.4 Å². The lowest BCUT2D eigenvalue weighted by Gasteiger charge is -2.11. The van der Waals surface area contributed by atoms with E-state index in [9.17, 15) is 0 Å². The molecule has 0 aliphatic rings. The van der Waals surface area contributed by atoms with Gasteiger partial charge in [0.15, 0.2) is 0 Å². The number of anilines is 2. The van der Waals surface area contributed by atoms with Gasteiger partial charge in [-0.05, 0) is 37.6 Å². The van der Waals surface area contributed by atoms with Crippen LogP contribution in [0.5, 0.6) is 0 Å². The van der Waals surface area contributed by atoms with Crippen molar-refractivity contribution in [1.82, 2.24) is 4.98 Å². The summed E-state index contributed by atoms with van der Waals surface area (Å²) in [5.74, 6) is 0. The number of aromatic nitrogens is 1. The van der Waals surface area contributed by atoms with Gasteiger partial charge in [0, 0.05) is 29.0 Å². The summed E-state index contributed by atoms with van der Waals surface area (Å²) in [6, 6.07) is 7.80. The van der Waals surface area contributed by atoms with Crippen molar-refractivity contribution in [3.8, 4) is 0 Å². The first-order valence-corrected chi connectivity index (χ1v) is 6.80. The van der Waals surface area contributed by atoms with Gasteiger partial charge in [-0.1, -0.05) is 6.08 Å². The number of nitrogens with one attached hydrogen (secondary N) is 1. The van der Waals surface area contributed by atoms with Gasteiger partial charge in [0.25, 0.3) is 0 Å². The molecule has 0 saturated heterocycles. The lowest BCUT2D eigenvalue weighted by molar-refractivity contribution is 0.149. The van der Waals surface area contributed by atoms with E-state index in [0.717, 1.165) is 40.9 Å². The highest BCUT2D eigenvalue weighted by molar-refractivity contribution is 5.93. The molecule has 0 fully saturated rings. The van der Waals surface area contributed by atoms with Crippen LogP contribution in [0.25, 0.3) is 10.9 Å². The second kappa shape index (κ2) is 6.91. The summed E-state index contributed by atoms with van der Waals surface area (Å²) in [5, 5.41) is 4.43. The maximum absolute atomic E-state index is 5.85. The standard InChI is InChI=1S/C16H21N3O/c1-3-4-8-20-9-7-18-16-10-12(2)19-15-6-5-13(17)11-14(15)16/h3,5-6,10-11H,1,4,7-9,17H2,2H3,(H,18,19). The van der Waals surface area contributed by atoms with Crippen molar-refractivity contribution in [3.05, 3.63) is 42.6 Å². The van der Waals surface area contributed by atoms with E-state index in [-0.39, 0.29) is 0 Å². The van der Waals surface area contributed by atoms with Crippen molar-refractivity contribution in [3.63, 3.8) is 0 Å². The molecular formula is C16H21N3O. The number of hydrogen-bond donors (Lipinski definition) is 2. The van der Waals surface area contributed by atoms with Gasteiger partial charge < -0.3 is 15.8 Å². The second-order valence-corrected chi connectivity index (χ2v) is 4.70. The summed E-state index contributed by atoms with van der Waals surface area (Å²) in [7, 11) is 0. The van der Waals surface area contributed by atoms with Crippen LogP contribution in [0.3, 0.4) is 0 Å². The molecule has 1 aromatic heterocycles. The van der Waals surface area contributed by atoms with E-state index in [4.69, 9.17) is 10.5 Å². The van der Waals surface area contributed by atoms with Crippen molar-refractivity contribution >= 4 is 22.3 Å². The third kappa shape index (κ3) is 3.71. The van der Waals surface area contributed by atoms with Crippen LogP contribution in [-0.4, -0.2) is 24.7 Å². The molecule has 3 N–H and O–H groups in total. The van der Waals surface area contributed by atoms with E-state index < -0.39 is 0 Å². The Hall–Kier alpha value is -2.07. The summed E-state index contributed by atoms with van der Waals surface area (Å²) in [4.78, 5) is 4.51. The number of pyridine rings is 1. The molecule has 4 heteroatoms. The van der Waals surface area contributed by atoms with Gasteiger partial charge in [0.1, 0.15) is 0 Å². The molecule has 0 radical (unpaired) electrons. The lowest BCUT2D eigenvalue weighted by Crippen LogP contribution is -2.10. The predicted molar refractivity (Wildman–Crippen MR) is 85.0 cm³/mol. The fourth-order valence-electron chi connectivity index (χ4n) is 2.05. The molecule has 0 unspecified atom stereocenters. The quantitative estimate of drug-likeness (QED) is 0.461. The maximum atomic E-state index is 5.85. The van der Waals surface area contributed by atoms with Crippen LogP contribution < -0.4 is 11.1 Å². The number of rotatable bonds is 7. The Bertz CT molecular complexity index is 596. The van der Waals surface area contributed by atoms with E-state index in [1.54, 1.807) is 0 Å². The molecule has 0 atom stereocenters. The van der Waals surface area contributed by atoms with Crippen molar-refractivity contribution in [1.29, 1.82) is 0 Å². The Labute approximate surface area is 119 Å². The smallest absolute Gasteiger partial charge is 0.0727 e. The third-order valence-electron chi connectivity index (χ3n) is 2.99. The first-order chi connectivity index (χ1) is 9.70. The lowest BCUT2D eigenvalue weighted by atomic mass is 10.1. The third-order valence-corrected chi connectivity index (χ3v) is 2.99. The molecule has 106 valence electrons. The average molecular weight is 271 g/mol. The highest BCUT2D eigenvalue weighted by Gasteiger charge is 2.04. The van der Waals surface area contributed by atoms with Crippen LogP contribution in [-0.2, 0) is 4.74 Å². The Morgan fingerprint density at radius 2 is 2.20 bits per heavy atom. The highest BCUT2D eigenvalue weighted by atomic mass is 16.5. The number of nitrogens with two attached hydrogens (primary N) is 1. The molecule has 0 amide bonds. The molecular weight excluding hydrogens is 250 g/mol. The minimum Gasteiger partial charge on any atom is -0.399 e. The average Bonchev–Trinajstić information content (AvgIpc) is 2.43. The zero-order valence-corrected chi connectivity index (χ0v) is 11.9. The topological polar surface area (TPSA) is 60.2 Å². The van der Waals surface area contributed by atoms with Crippen LogP contribution in [0, 0.1) is 6.92 Å². The van der Waals surface area contributed by atoms with Crippen molar-refractivity contribution in [2.75, 3.05) is 30.8 Å². The minimum absolute atomic E-state index is 0.666. The van der Waals surface area contributed by atoms with E-state index in [0.29, 0.717) is 13.2 Å². The molecule has 0 bridgehead atoms. The summed E-state index contributed by atoms with van der Waals surface area (Å²) < 4.78 is 5.49. The van der Waals surface area contributed by atoms with Crippen molar-refractivity contribution in [2.24, 2.45) is 0 Å². The number of nitrogens with zero attached hydrogens (tertiary/aromatic N) is 1. The van der Waals surface area contributed by atoms with Gasteiger partial charge >= 0.3 is 0 Å². The zero-order chi connectivity index (χ0) is 14.4. The Morgan fingerprint density at radius 3 is 3.00 bits per heavy atom. The second-order valence-electron chi connectivity index (χ2n) is 4.70. The van der Waals surface area contributed by atoms with Gasteiger partial charge in [-0.2, -0.15) is 0 Å². The molecule has 0 saturated carbocycles. The number of aryl methyl sites for hydroxylation is 1. The van der Waals surface area contributed by atoms with Gasteiger partial charge in [-0.3, -0.25) is 4.98 Å². The van der Waals surface area contributed by atoms with Crippen LogP contribution in [0.2, 0.25) is 0 Å². The monoisotopic (exact) mass is 271 g/mol. The Morgan fingerprint density at radius 1 is 1.35 bits per heavy atom. The molecule has 0 aliphatic heterocycles. The first-order valence-electron chi connectivity index (χ1n) is 6.80. The van der Waals surface area contributed by atoms with E-state index in [1.807, 2.05) is 37.3 Å². The molecule has 4 nitrogen and oxygen atoms in total. The zero-order valence-electron chi connectivity index (χ0n) is 11.9. The summed E-state index contributed by atoms with van der Waals surface area (Å²) in [6.45, 7) is 7.79. The van der Waals surface area contributed by atoms with Crippen LogP contribution in [0.1, 0.15) is 12.1 Å². The molecule has 2 rings (SSSR count). The van der Waals surface area contributed by atoms with Gasteiger partial charge in [-0.25, -0.2) is 0 Å². The molecule has 1 heterocycles. The fraction of sp³-hybridized carbons (Fsp3) is 0.312. The molecule has 20 heavy (non-hydrogen) atoms. The normalized spacial score (nSPS) is 10.7.